The maximum Gasteiger partial charge on any atom is 0.141 e. The molecule has 0 aliphatic carbocycles. The summed E-state index contributed by atoms with van der Waals surface area (Å²) in [5, 5.41) is 12.4. The maximum absolute atomic E-state index is 5.22. The van der Waals surface area contributed by atoms with Crippen LogP contribution in [0.4, 0.5) is 0 Å². The summed E-state index contributed by atoms with van der Waals surface area (Å²) < 4.78 is 6.24. The van der Waals surface area contributed by atoms with E-state index in [2.05, 4.69) is 43.4 Å². The predicted molar refractivity (Wildman–Crippen MR) is 73.5 cm³/mol. The molecule has 0 atom stereocenters. The lowest BCUT2D eigenvalue weighted by molar-refractivity contribution is 0.393. The van der Waals surface area contributed by atoms with E-state index in [1.54, 1.807) is 0 Å². The number of aromatic nitrogens is 3. The van der Waals surface area contributed by atoms with E-state index in [0.29, 0.717) is 0 Å². The molecule has 0 saturated heterocycles. The summed E-state index contributed by atoms with van der Waals surface area (Å²) in [6.45, 7) is 5.85. The smallest absolute Gasteiger partial charge is 0.141 e. The van der Waals surface area contributed by atoms with Gasteiger partial charge in [0, 0.05) is 15.4 Å². The van der Waals surface area contributed by atoms with Crippen LogP contribution in [0.25, 0.3) is 22.0 Å². The van der Waals surface area contributed by atoms with Gasteiger partial charge in [-0.15, -0.1) is 0 Å². The number of aryl methyl sites for hydroxylation is 3. The van der Waals surface area contributed by atoms with Crippen LogP contribution in [0.3, 0.4) is 0 Å². The van der Waals surface area contributed by atoms with E-state index in [4.69, 9.17) is 4.52 Å². The van der Waals surface area contributed by atoms with Crippen molar-refractivity contribution in [2.24, 2.45) is 0 Å². The van der Waals surface area contributed by atoms with Gasteiger partial charge in [-0.2, -0.15) is 5.10 Å². The van der Waals surface area contributed by atoms with Crippen molar-refractivity contribution < 1.29 is 4.52 Å². The summed E-state index contributed by atoms with van der Waals surface area (Å²) in [4.78, 5) is 0. The van der Waals surface area contributed by atoms with Gasteiger partial charge in [-0.1, -0.05) is 21.1 Å². The zero-order chi connectivity index (χ0) is 12.9. The molecule has 0 amide bonds. The second-order valence-electron chi connectivity index (χ2n) is 4.39. The van der Waals surface area contributed by atoms with Gasteiger partial charge in [-0.05, 0) is 38.5 Å². The molecule has 0 aliphatic heterocycles. The van der Waals surface area contributed by atoms with Crippen LogP contribution in [0, 0.1) is 20.8 Å². The Morgan fingerprint density at radius 3 is 2.61 bits per heavy atom. The summed E-state index contributed by atoms with van der Waals surface area (Å²) in [7, 11) is 0. The quantitative estimate of drug-likeness (QED) is 0.741. The highest BCUT2D eigenvalue weighted by molar-refractivity contribution is 9.10. The van der Waals surface area contributed by atoms with Crippen LogP contribution in [0.2, 0.25) is 0 Å². The average molecular weight is 306 g/mol. The third-order valence-corrected chi connectivity index (χ3v) is 3.74. The molecular formula is C13H12BrN3O. The van der Waals surface area contributed by atoms with E-state index in [1.807, 2.05) is 20.8 Å². The second kappa shape index (κ2) is 3.95. The molecule has 4 nitrogen and oxygen atoms in total. The van der Waals surface area contributed by atoms with Crippen LogP contribution in [0.15, 0.2) is 21.1 Å². The SMILES string of the molecule is Cc1noc(C)c1-c1cc(Br)c2c(C)n[nH]c2c1. The third kappa shape index (κ3) is 1.58. The topological polar surface area (TPSA) is 54.7 Å². The molecule has 2 aromatic heterocycles. The third-order valence-electron chi connectivity index (χ3n) is 3.12. The molecule has 0 saturated carbocycles. The van der Waals surface area contributed by atoms with Crippen molar-refractivity contribution in [1.82, 2.24) is 15.4 Å². The molecule has 5 heteroatoms. The fraction of sp³-hybridized carbons (Fsp3) is 0.231. The van der Waals surface area contributed by atoms with Crippen LogP contribution < -0.4 is 0 Å². The van der Waals surface area contributed by atoms with Crippen molar-refractivity contribution in [3.05, 3.63) is 33.8 Å². The Morgan fingerprint density at radius 1 is 1.17 bits per heavy atom. The van der Waals surface area contributed by atoms with Crippen molar-refractivity contribution in [2.75, 3.05) is 0 Å². The van der Waals surface area contributed by atoms with Crippen molar-refractivity contribution in [3.63, 3.8) is 0 Å². The summed E-state index contributed by atoms with van der Waals surface area (Å²) in [6.07, 6.45) is 0. The first kappa shape index (κ1) is 11.5. The monoisotopic (exact) mass is 305 g/mol. The number of benzene rings is 1. The van der Waals surface area contributed by atoms with Crippen molar-refractivity contribution in [3.8, 4) is 11.1 Å². The number of nitrogens with one attached hydrogen (secondary N) is 1. The Hall–Kier alpha value is -1.62. The maximum atomic E-state index is 5.22. The zero-order valence-electron chi connectivity index (χ0n) is 10.3. The molecule has 0 unspecified atom stereocenters. The molecule has 0 spiro atoms. The summed E-state index contributed by atoms with van der Waals surface area (Å²) in [5.74, 6) is 0.829. The van der Waals surface area contributed by atoms with Gasteiger partial charge in [0.15, 0.2) is 0 Å². The molecule has 1 aromatic carbocycles. The highest BCUT2D eigenvalue weighted by Crippen LogP contribution is 2.34. The Bertz CT molecular complexity index is 723. The fourth-order valence-corrected chi connectivity index (χ4v) is 3.05. The first-order chi connectivity index (χ1) is 8.58. The minimum Gasteiger partial charge on any atom is -0.361 e. The molecule has 1 N–H and O–H groups in total. The van der Waals surface area contributed by atoms with Crippen LogP contribution in [-0.4, -0.2) is 15.4 Å². The lowest BCUT2D eigenvalue weighted by atomic mass is 10.0. The molecular weight excluding hydrogens is 294 g/mol. The standard InChI is InChI=1S/C13H12BrN3O/c1-6-13-10(14)4-9(5-11(13)16-15-6)12-7(2)17-18-8(12)3/h4-5H,1-3H3,(H,15,16). The number of rotatable bonds is 1. The van der Waals surface area contributed by atoms with Crippen molar-refractivity contribution in [1.29, 1.82) is 0 Å². The number of H-pyrrole nitrogens is 1. The molecule has 3 aromatic rings. The molecule has 0 radical (unpaired) electrons. The molecule has 0 bridgehead atoms. The minimum atomic E-state index is 0.829. The Balaban J connectivity index is 2.32. The fourth-order valence-electron chi connectivity index (χ4n) is 2.30. The van der Waals surface area contributed by atoms with Crippen molar-refractivity contribution >= 4 is 26.8 Å². The molecule has 18 heavy (non-hydrogen) atoms. The highest BCUT2D eigenvalue weighted by atomic mass is 79.9. The molecule has 0 fully saturated rings. The molecule has 0 aliphatic rings. The van der Waals surface area contributed by atoms with Gasteiger partial charge in [0.1, 0.15) is 5.76 Å². The number of fused-ring (bicyclic) bond motifs is 1. The Kier molecular flexibility index (Phi) is 2.52. The van der Waals surface area contributed by atoms with E-state index in [0.717, 1.165) is 43.7 Å². The van der Waals surface area contributed by atoms with E-state index in [1.165, 1.54) is 0 Å². The minimum absolute atomic E-state index is 0.829. The first-order valence-corrected chi connectivity index (χ1v) is 6.44. The van der Waals surface area contributed by atoms with Crippen LogP contribution >= 0.6 is 15.9 Å². The normalized spacial score (nSPS) is 11.3. The summed E-state index contributed by atoms with van der Waals surface area (Å²) in [6, 6.07) is 4.16. The number of hydrogen-bond donors (Lipinski definition) is 1. The largest absolute Gasteiger partial charge is 0.361 e. The van der Waals surface area contributed by atoms with Crippen LogP contribution in [0.5, 0.6) is 0 Å². The van der Waals surface area contributed by atoms with Gasteiger partial charge < -0.3 is 4.52 Å². The van der Waals surface area contributed by atoms with Gasteiger partial charge in [0.25, 0.3) is 0 Å². The lowest BCUT2D eigenvalue weighted by Crippen LogP contribution is -1.83. The van der Waals surface area contributed by atoms with E-state index in [9.17, 15) is 0 Å². The van der Waals surface area contributed by atoms with Gasteiger partial charge in [-0.25, -0.2) is 0 Å². The van der Waals surface area contributed by atoms with E-state index >= 15 is 0 Å². The number of aromatic amines is 1. The Morgan fingerprint density at radius 2 is 1.94 bits per heavy atom. The number of nitrogens with zero attached hydrogens (tertiary/aromatic N) is 2. The second-order valence-corrected chi connectivity index (χ2v) is 5.24. The van der Waals surface area contributed by atoms with Gasteiger partial charge in [-0.3, -0.25) is 5.10 Å². The average Bonchev–Trinajstić information content (AvgIpc) is 2.83. The highest BCUT2D eigenvalue weighted by Gasteiger charge is 2.15. The summed E-state index contributed by atoms with van der Waals surface area (Å²) in [5.41, 5.74) is 5.02. The van der Waals surface area contributed by atoms with Crippen LogP contribution in [-0.2, 0) is 0 Å². The first-order valence-electron chi connectivity index (χ1n) is 5.65. The molecule has 92 valence electrons. The zero-order valence-corrected chi connectivity index (χ0v) is 11.9. The lowest BCUT2D eigenvalue weighted by Gasteiger charge is -2.03. The predicted octanol–water partition coefficient (Wildman–Crippen LogP) is 3.91. The van der Waals surface area contributed by atoms with Gasteiger partial charge in [0.2, 0.25) is 0 Å². The van der Waals surface area contributed by atoms with Gasteiger partial charge >= 0.3 is 0 Å². The number of halogens is 1. The van der Waals surface area contributed by atoms with Crippen molar-refractivity contribution in [2.45, 2.75) is 20.8 Å². The van der Waals surface area contributed by atoms with E-state index < -0.39 is 0 Å². The molecule has 3 rings (SSSR count). The molecule has 2 heterocycles. The summed E-state index contributed by atoms with van der Waals surface area (Å²) >= 11 is 3.60. The van der Waals surface area contributed by atoms with Crippen LogP contribution in [0.1, 0.15) is 17.1 Å². The Labute approximate surface area is 112 Å². The van der Waals surface area contributed by atoms with E-state index in [-0.39, 0.29) is 0 Å². The van der Waals surface area contributed by atoms with Gasteiger partial charge in [0.05, 0.1) is 16.9 Å². The number of hydrogen-bond acceptors (Lipinski definition) is 3.